The van der Waals surface area contributed by atoms with E-state index in [4.69, 9.17) is 9.47 Å². The molecular formula is C23H34N2O4. The van der Waals surface area contributed by atoms with Crippen LogP contribution in [0.5, 0.6) is 11.5 Å². The molecule has 3 rings (SSSR count). The number of nitrogens with zero attached hydrogens (tertiary/aromatic N) is 1. The minimum absolute atomic E-state index is 0.105. The molecule has 29 heavy (non-hydrogen) atoms. The molecule has 0 spiro atoms. The smallest absolute Gasteiger partial charge is 0.325 e. The van der Waals surface area contributed by atoms with Gasteiger partial charge in [-0.05, 0) is 55.2 Å². The second-order valence-corrected chi connectivity index (χ2v) is 10.8. The van der Waals surface area contributed by atoms with Crippen LogP contribution in [0.25, 0.3) is 0 Å². The van der Waals surface area contributed by atoms with Crippen molar-refractivity contribution in [3.8, 4) is 11.5 Å². The minimum atomic E-state index is -0.841. The van der Waals surface area contributed by atoms with Crippen LogP contribution in [0.4, 0.5) is 4.79 Å². The number of ether oxygens (including phenoxy) is 2. The zero-order valence-corrected chi connectivity index (χ0v) is 18.7. The number of benzene rings is 1. The van der Waals surface area contributed by atoms with E-state index in [0.29, 0.717) is 19.6 Å². The van der Waals surface area contributed by atoms with Gasteiger partial charge in [0.15, 0.2) is 11.5 Å². The van der Waals surface area contributed by atoms with Gasteiger partial charge in [0, 0.05) is 6.54 Å². The number of amides is 3. The van der Waals surface area contributed by atoms with Gasteiger partial charge < -0.3 is 14.4 Å². The molecule has 1 aromatic carbocycles. The van der Waals surface area contributed by atoms with E-state index < -0.39 is 5.54 Å². The maximum Gasteiger partial charge on any atom is 0.325 e. The first-order chi connectivity index (χ1) is 13.3. The number of carbonyl (C=O) groups is 2. The molecule has 2 heterocycles. The number of urea groups is 1. The van der Waals surface area contributed by atoms with Crippen LogP contribution in [-0.4, -0.2) is 41.6 Å². The molecule has 0 radical (unpaired) electrons. The Kier molecular flexibility index (Phi) is 5.35. The van der Waals surface area contributed by atoms with Gasteiger partial charge in [0.05, 0.1) is 0 Å². The standard InChI is InChI=1S/C23H34N2O4/c1-21(2,3)11-15-8-9-17-18(10-15)29-16(13-28-17)12-22(4,5)14-25-20(27)24-19(26)23(25,6)7/h8-10,16H,11-14H2,1-7H3,(H,24,26,27). The summed E-state index contributed by atoms with van der Waals surface area (Å²) in [6.07, 6.45) is 1.57. The summed E-state index contributed by atoms with van der Waals surface area (Å²) in [6, 6.07) is 5.84. The molecule has 1 saturated heterocycles. The highest BCUT2D eigenvalue weighted by molar-refractivity contribution is 6.06. The zero-order chi connectivity index (χ0) is 21.6. The lowest BCUT2D eigenvalue weighted by Gasteiger charge is -2.38. The Hall–Kier alpha value is -2.24. The highest BCUT2D eigenvalue weighted by Crippen LogP contribution is 2.38. The van der Waals surface area contributed by atoms with Crippen LogP contribution in [0.2, 0.25) is 0 Å². The predicted octanol–water partition coefficient (Wildman–Crippen LogP) is 4.16. The van der Waals surface area contributed by atoms with Crippen molar-refractivity contribution in [2.45, 2.75) is 73.0 Å². The summed E-state index contributed by atoms with van der Waals surface area (Å²) in [5, 5.41) is 2.41. The molecule has 1 aromatic rings. The summed E-state index contributed by atoms with van der Waals surface area (Å²) in [4.78, 5) is 25.9. The molecule has 0 saturated carbocycles. The van der Waals surface area contributed by atoms with E-state index in [2.05, 4.69) is 52.1 Å². The van der Waals surface area contributed by atoms with Crippen molar-refractivity contribution >= 4 is 11.9 Å². The monoisotopic (exact) mass is 402 g/mol. The van der Waals surface area contributed by atoms with Crippen molar-refractivity contribution < 1.29 is 19.1 Å². The van der Waals surface area contributed by atoms with Crippen molar-refractivity contribution in [1.29, 1.82) is 0 Å². The largest absolute Gasteiger partial charge is 0.486 e. The first kappa shape index (κ1) is 21.5. The fourth-order valence-electron chi connectivity index (χ4n) is 4.06. The third-order valence-corrected chi connectivity index (χ3v) is 5.52. The Morgan fingerprint density at radius 2 is 1.83 bits per heavy atom. The first-order valence-electron chi connectivity index (χ1n) is 10.3. The number of imide groups is 1. The van der Waals surface area contributed by atoms with Crippen LogP contribution in [0.3, 0.4) is 0 Å². The summed E-state index contributed by atoms with van der Waals surface area (Å²) in [5.74, 6) is 1.31. The highest BCUT2D eigenvalue weighted by atomic mass is 16.6. The number of rotatable bonds is 5. The summed E-state index contributed by atoms with van der Waals surface area (Å²) in [5.41, 5.74) is 0.348. The van der Waals surface area contributed by atoms with Crippen LogP contribution in [0.15, 0.2) is 18.2 Å². The van der Waals surface area contributed by atoms with Crippen molar-refractivity contribution in [2.75, 3.05) is 13.2 Å². The van der Waals surface area contributed by atoms with Gasteiger partial charge in [-0.3, -0.25) is 10.1 Å². The molecule has 160 valence electrons. The molecule has 3 amide bonds. The van der Waals surface area contributed by atoms with Crippen LogP contribution < -0.4 is 14.8 Å². The number of hydrogen-bond acceptors (Lipinski definition) is 4. The summed E-state index contributed by atoms with van der Waals surface area (Å²) in [7, 11) is 0. The third-order valence-electron chi connectivity index (χ3n) is 5.52. The molecule has 0 aliphatic carbocycles. The number of nitrogens with one attached hydrogen (secondary N) is 1. The van der Waals surface area contributed by atoms with Crippen LogP contribution in [0.1, 0.15) is 60.5 Å². The van der Waals surface area contributed by atoms with Crippen molar-refractivity contribution in [2.24, 2.45) is 10.8 Å². The van der Waals surface area contributed by atoms with Gasteiger partial charge in [0.2, 0.25) is 0 Å². The highest BCUT2D eigenvalue weighted by Gasteiger charge is 2.47. The van der Waals surface area contributed by atoms with Crippen LogP contribution >= 0.6 is 0 Å². The van der Waals surface area contributed by atoms with E-state index in [0.717, 1.165) is 17.9 Å². The Bertz CT molecular complexity index is 808. The quantitative estimate of drug-likeness (QED) is 0.751. The summed E-state index contributed by atoms with van der Waals surface area (Å²) < 4.78 is 12.2. The van der Waals surface area contributed by atoms with Crippen molar-refractivity contribution in [3.63, 3.8) is 0 Å². The maximum atomic E-state index is 12.2. The topological polar surface area (TPSA) is 67.9 Å². The van der Waals surface area contributed by atoms with E-state index in [1.807, 2.05) is 6.07 Å². The van der Waals surface area contributed by atoms with Gasteiger partial charge in [-0.15, -0.1) is 0 Å². The average molecular weight is 403 g/mol. The van der Waals surface area contributed by atoms with E-state index in [1.54, 1.807) is 18.7 Å². The Balaban J connectivity index is 1.68. The molecule has 1 unspecified atom stereocenters. The van der Waals surface area contributed by atoms with E-state index in [9.17, 15) is 9.59 Å². The van der Waals surface area contributed by atoms with Gasteiger partial charge in [0.25, 0.3) is 5.91 Å². The summed E-state index contributed by atoms with van der Waals surface area (Å²) in [6.45, 7) is 15.3. The molecule has 6 nitrogen and oxygen atoms in total. The van der Waals surface area contributed by atoms with Gasteiger partial charge in [-0.25, -0.2) is 4.79 Å². The number of hydrogen-bond donors (Lipinski definition) is 1. The van der Waals surface area contributed by atoms with Gasteiger partial charge in [-0.2, -0.15) is 0 Å². The second kappa shape index (κ2) is 7.22. The van der Waals surface area contributed by atoms with Crippen LogP contribution in [-0.2, 0) is 11.2 Å². The van der Waals surface area contributed by atoms with Crippen molar-refractivity contribution in [1.82, 2.24) is 10.2 Å². The third kappa shape index (κ3) is 4.85. The molecule has 1 atom stereocenters. The van der Waals surface area contributed by atoms with Gasteiger partial charge in [0.1, 0.15) is 18.2 Å². The molecule has 0 bridgehead atoms. The normalized spacial score (nSPS) is 21.3. The fourth-order valence-corrected chi connectivity index (χ4v) is 4.06. The van der Waals surface area contributed by atoms with Crippen molar-refractivity contribution in [3.05, 3.63) is 23.8 Å². The first-order valence-corrected chi connectivity index (χ1v) is 10.3. The molecule has 1 N–H and O–H groups in total. The van der Waals surface area contributed by atoms with Gasteiger partial charge >= 0.3 is 6.03 Å². The van der Waals surface area contributed by atoms with E-state index in [1.165, 1.54) is 5.56 Å². The summed E-state index contributed by atoms with van der Waals surface area (Å²) >= 11 is 0. The molecule has 0 aromatic heterocycles. The van der Waals surface area contributed by atoms with Gasteiger partial charge in [-0.1, -0.05) is 40.7 Å². The lowest BCUT2D eigenvalue weighted by Crippen LogP contribution is -2.49. The second-order valence-electron chi connectivity index (χ2n) is 10.8. The molecule has 6 heteroatoms. The zero-order valence-electron chi connectivity index (χ0n) is 18.7. The molecule has 1 fully saturated rings. The lowest BCUT2D eigenvalue weighted by molar-refractivity contribution is -0.125. The average Bonchev–Trinajstić information content (AvgIpc) is 2.74. The minimum Gasteiger partial charge on any atom is -0.486 e. The molecule has 2 aliphatic rings. The SMILES string of the molecule is CC(C)(C)Cc1ccc2c(c1)OC(CC(C)(C)CN1C(=O)NC(=O)C1(C)C)CO2. The Morgan fingerprint density at radius 1 is 1.14 bits per heavy atom. The number of carbonyl (C=O) groups excluding carboxylic acids is 2. The maximum absolute atomic E-state index is 12.2. The number of fused-ring (bicyclic) bond motifs is 1. The predicted molar refractivity (Wildman–Crippen MR) is 112 cm³/mol. The molecule has 2 aliphatic heterocycles. The Morgan fingerprint density at radius 3 is 2.41 bits per heavy atom. The molecular weight excluding hydrogens is 368 g/mol. The Labute approximate surface area is 173 Å². The fraction of sp³-hybridized carbons (Fsp3) is 0.652. The van der Waals surface area contributed by atoms with E-state index >= 15 is 0 Å². The van der Waals surface area contributed by atoms with Crippen LogP contribution in [0, 0.1) is 10.8 Å². The van der Waals surface area contributed by atoms with E-state index in [-0.39, 0.29) is 28.9 Å². The lowest BCUT2D eigenvalue weighted by atomic mass is 9.84.